The molecule has 0 saturated heterocycles. The van der Waals surface area contributed by atoms with Gasteiger partial charge >= 0.3 is 0 Å². The minimum atomic E-state index is -2.67. The van der Waals surface area contributed by atoms with E-state index in [9.17, 15) is 4.57 Å². The molecule has 2 rings (SSSR count). The van der Waals surface area contributed by atoms with E-state index in [1.54, 1.807) is 0 Å². The lowest BCUT2D eigenvalue weighted by Gasteiger charge is -2.09. The Morgan fingerprint density at radius 3 is 2.30 bits per heavy atom. The van der Waals surface area contributed by atoms with E-state index >= 15 is 0 Å². The van der Waals surface area contributed by atoms with Crippen LogP contribution >= 0.6 is 8.03 Å². The SMILES string of the molecule is NC(Cc1ccc(OCc2ccccc2)cc1)[PH](=O)O. The summed E-state index contributed by atoms with van der Waals surface area (Å²) >= 11 is 0. The average Bonchev–Trinajstić information content (AvgIpc) is 2.47. The maximum absolute atomic E-state index is 10.9. The Kier molecular flexibility index (Phi) is 5.36. The predicted molar refractivity (Wildman–Crippen MR) is 80.1 cm³/mol. The molecule has 0 saturated carbocycles. The van der Waals surface area contributed by atoms with Gasteiger partial charge < -0.3 is 15.4 Å². The number of hydrogen-bond acceptors (Lipinski definition) is 3. The topological polar surface area (TPSA) is 72.5 Å². The molecule has 0 bridgehead atoms. The molecule has 0 aliphatic rings. The van der Waals surface area contributed by atoms with Crippen LogP contribution in [0.5, 0.6) is 5.75 Å². The molecule has 2 aromatic carbocycles. The van der Waals surface area contributed by atoms with Crippen LogP contribution in [0.1, 0.15) is 11.1 Å². The van der Waals surface area contributed by atoms with Crippen molar-refractivity contribution >= 4 is 8.03 Å². The third kappa shape index (κ3) is 4.49. The maximum Gasteiger partial charge on any atom is 0.205 e. The Morgan fingerprint density at radius 2 is 1.70 bits per heavy atom. The van der Waals surface area contributed by atoms with E-state index in [0.717, 1.165) is 16.9 Å². The van der Waals surface area contributed by atoms with Crippen molar-refractivity contribution in [1.29, 1.82) is 0 Å². The Balaban J connectivity index is 1.90. The van der Waals surface area contributed by atoms with Crippen LogP contribution in [0.3, 0.4) is 0 Å². The van der Waals surface area contributed by atoms with Gasteiger partial charge in [-0.25, -0.2) is 0 Å². The van der Waals surface area contributed by atoms with E-state index in [1.807, 2.05) is 54.6 Å². The molecular weight excluding hydrogens is 273 g/mol. The van der Waals surface area contributed by atoms with Crippen molar-refractivity contribution in [3.05, 3.63) is 65.7 Å². The van der Waals surface area contributed by atoms with Gasteiger partial charge in [0, 0.05) is 0 Å². The Labute approximate surface area is 119 Å². The van der Waals surface area contributed by atoms with Crippen molar-refractivity contribution in [2.45, 2.75) is 18.8 Å². The highest BCUT2D eigenvalue weighted by molar-refractivity contribution is 7.38. The molecule has 0 aromatic heterocycles. The Morgan fingerprint density at radius 1 is 1.05 bits per heavy atom. The minimum absolute atomic E-state index is 0.396. The van der Waals surface area contributed by atoms with Gasteiger partial charge in [-0.3, -0.25) is 4.57 Å². The van der Waals surface area contributed by atoms with Gasteiger partial charge in [0.05, 0.1) is 5.78 Å². The molecule has 0 aliphatic heterocycles. The van der Waals surface area contributed by atoms with E-state index in [1.165, 1.54) is 0 Å². The molecular formula is C15H18NO3P. The lowest BCUT2D eigenvalue weighted by molar-refractivity contribution is 0.306. The molecule has 2 atom stereocenters. The summed E-state index contributed by atoms with van der Waals surface area (Å²) < 4.78 is 16.5. The van der Waals surface area contributed by atoms with Gasteiger partial charge in [0.25, 0.3) is 0 Å². The highest BCUT2D eigenvalue weighted by Crippen LogP contribution is 2.22. The van der Waals surface area contributed by atoms with Crippen LogP contribution in [0, 0.1) is 0 Å². The molecule has 0 spiro atoms. The van der Waals surface area contributed by atoms with Crippen molar-refractivity contribution in [3.8, 4) is 5.75 Å². The van der Waals surface area contributed by atoms with Gasteiger partial charge in [0.1, 0.15) is 12.4 Å². The molecule has 0 heterocycles. The molecule has 5 heteroatoms. The zero-order valence-electron chi connectivity index (χ0n) is 11.0. The zero-order chi connectivity index (χ0) is 14.4. The monoisotopic (exact) mass is 291 g/mol. The minimum Gasteiger partial charge on any atom is -0.489 e. The molecule has 0 amide bonds. The summed E-state index contributed by atoms with van der Waals surface area (Å²) in [5, 5.41) is 0. The fourth-order valence-electron chi connectivity index (χ4n) is 1.80. The first-order valence-electron chi connectivity index (χ1n) is 6.39. The normalized spacial score (nSPS) is 13.7. The molecule has 0 aliphatic carbocycles. The van der Waals surface area contributed by atoms with E-state index < -0.39 is 13.8 Å². The van der Waals surface area contributed by atoms with E-state index in [0.29, 0.717) is 13.0 Å². The standard InChI is InChI=1S/C15H18NO3P/c16-15(20(17)18)10-12-6-8-14(9-7-12)19-11-13-4-2-1-3-5-13/h1-9,15,20H,10-11,16H2,(H,17,18). The smallest absolute Gasteiger partial charge is 0.205 e. The number of benzene rings is 2. The molecule has 2 aromatic rings. The first-order valence-corrected chi connectivity index (χ1v) is 7.82. The predicted octanol–water partition coefficient (Wildman–Crippen LogP) is 2.56. The molecule has 0 radical (unpaired) electrons. The lowest BCUT2D eigenvalue weighted by atomic mass is 10.1. The van der Waals surface area contributed by atoms with E-state index in [2.05, 4.69) is 0 Å². The van der Waals surface area contributed by atoms with Crippen molar-refractivity contribution < 1.29 is 14.2 Å². The second-order valence-corrected chi connectivity index (χ2v) is 5.99. The van der Waals surface area contributed by atoms with Crippen LogP contribution in [0.4, 0.5) is 0 Å². The summed E-state index contributed by atoms with van der Waals surface area (Å²) in [5.41, 5.74) is 7.61. The van der Waals surface area contributed by atoms with Gasteiger partial charge in [-0.05, 0) is 29.7 Å². The summed E-state index contributed by atoms with van der Waals surface area (Å²) in [6.07, 6.45) is 0.396. The highest BCUT2D eigenvalue weighted by atomic mass is 31.1. The van der Waals surface area contributed by atoms with Crippen molar-refractivity contribution in [2.75, 3.05) is 0 Å². The van der Waals surface area contributed by atoms with Gasteiger partial charge in [-0.1, -0.05) is 42.5 Å². The fourth-order valence-corrected chi connectivity index (χ4v) is 2.21. The van der Waals surface area contributed by atoms with Crippen LogP contribution in [-0.4, -0.2) is 10.7 Å². The molecule has 106 valence electrons. The first kappa shape index (κ1) is 14.8. The molecule has 3 N–H and O–H groups in total. The third-order valence-corrected chi connectivity index (χ3v) is 3.78. The summed E-state index contributed by atoms with van der Waals surface area (Å²) in [5.74, 6) is 0.0823. The molecule has 4 nitrogen and oxygen atoms in total. The summed E-state index contributed by atoms with van der Waals surface area (Å²) in [6.45, 7) is 0.518. The van der Waals surface area contributed by atoms with Gasteiger partial charge in [0.2, 0.25) is 8.03 Å². The molecule has 20 heavy (non-hydrogen) atoms. The molecule has 2 unspecified atom stereocenters. The van der Waals surface area contributed by atoms with Crippen molar-refractivity contribution in [2.24, 2.45) is 5.73 Å². The Bertz CT molecular complexity index is 557. The third-order valence-electron chi connectivity index (χ3n) is 2.94. The second kappa shape index (κ2) is 7.25. The van der Waals surface area contributed by atoms with Crippen LogP contribution in [0.2, 0.25) is 0 Å². The van der Waals surface area contributed by atoms with Crippen LogP contribution in [0.25, 0.3) is 0 Å². The van der Waals surface area contributed by atoms with Crippen molar-refractivity contribution in [1.82, 2.24) is 0 Å². The quantitative estimate of drug-likeness (QED) is 0.802. The second-order valence-electron chi connectivity index (χ2n) is 4.57. The largest absolute Gasteiger partial charge is 0.489 e. The number of hydrogen-bond donors (Lipinski definition) is 2. The number of nitrogens with two attached hydrogens (primary N) is 1. The van der Waals surface area contributed by atoms with E-state index in [4.69, 9.17) is 15.4 Å². The van der Waals surface area contributed by atoms with Gasteiger partial charge in [0.15, 0.2) is 0 Å². The summed E-state index contributed by atoms with van der Waals surface area (Å²) in [4.78, 5) is 8.94. The van der Waals surface area contributed by atoms with Crippen LogP contribution < -0.4 is 10.5 Å². The summed E-state index contributed by atoms with van der Waals surface area (Å²) in [6, 6.07) is 17.4. The van der Waals surface area contributed by atoms with Crippen molar-refractivity contribution in [3.63, 3.8) is 0 Å². The van der Waals surface area contributed by atoms with Crippen LogP contribution in [-0.2, 0) is 17.6 Å². The van der Waals surface area contributed by atoms with Gasteiger partial charge in [-0.2, -0.15) is 0 Å². The fraction of sp³-hybridized carbons (Fsp3) is 0.200. The first-order chi connectivity index (χ1) is 9.65. The number of rotatable bonds is 6. The highest BCUT2D eigenvalue weighted by Gasteiger charge is 2.09. The molecule has 0 fully saturated rings. The zero-order valence-corrected chi connectivity index (χ0v) is 12.0. The van der Waals surface area contributed by atoms with Gasteiger partial charge in [-0.15, -0.1) is 0 Å². The Hall–Kier alpha value is -1.61. The number of ether oxygens (including phenoxy) is 1. The summed E-state index contributed by atoms with van der Waals surface area (Å²) in [7, 11) is -2.67. The van der Waals surface area contributed by atoms with E-state index in [-0.39, 0.29) is 0 Å². The lowest BCUT2D eigenvalue weighted by Crippen LogP contribution is -2.17. The van der Waals surface area contributed by atoms with Crippen LogP contribution in [0.15, 0.2) is 54.6 Å². The maximum atomic E-state index is 10.9. The average molecular weight is 291 g/mol.